The zero-order valence-corrected chi connectivity index (χ0v) is 10.1. The molecule has 0 aromatic heterocycles. The van der Waals surface area contributed by atoms with Crippen LogP contribution in [0.15, 0.2) is 10.1 Å². The number of ketones is 1. The predicted molar refractivity (Wildman–Crippen MR) is 63.6 cm³/mol. The summed E-state index contributed by atoms with van der Waals surface area (Å²) in [4.78, 5) is 25.2. The van der Waals surface area contributed by atoms with Crippen molar-refractivity contribution in [3.05, 3.63) is 0 Å². The Balaban J connectivity index is 4.00. The number of carbonyl (C=O) groups excluding carboxylic acids is 2. The number of nitrogens with zero attached hydrogens (tertiary/aromatic N) is 2. The lowest BCUT2D eigenvalue weighted by Crippen LogP contribution is -2.27. The van der Waals surface area contributed by atoms with E-state index in [0.29, 0.717) is 12.4 Å². The summed E-state index contributed by atoms with van der Waals surface area (Å²) >= 11 is 0. The quantitative estimate of drug-likeness (QED) is 0.396. The minimum atomic E-state index is -0.100. The van der Waals surface area contributed by atoms with E-state index in [4.69, 9.17) is 0 Å². The van der Waals surface area contributed by atoms with E-state index in [-0.39, 0.29) is 18.2 Å². The fraction of sp³-hybridized carbons (Fsp3) is 0.600. The molecule has 0 radical (unpaired) electrons. The number of nitrogens with one attached hydrogen (secondary N) is 2. The van der Waals surface area contributed by atoms with Crippen LogP contribution in [0.1, 0.15) is 27.7 Å². The number of carbonyl (C=O) groups is 2. The van der Waals surface area contributed by atoms with Crippen molar-refractivity contribution in [1.29, 1.82) is 0 Å². The first-order valence-electron chi connectivity index (χ1n) is 4.96. The van der Waals surface area contributed by atoms with Crippen molar-refractivity contribution < 1.29 is 9.59 Å². The van der Waals surface area contributed by atoms with Gasteiger partial charge in [-0.15, -0.1) is 0 Å². The van der Waals surface area contributed by atoms with Gasteiger partial charge in [0.25, 0.3) is 0 Å². The zero-order chi connectivity index (χ0) is 12.6. The summed E-state index contributed by atoms with van der Waals surface area (Å²) < 4.78 is 0. The molecule has 6 heteroatoms. The van der Waals surface area contributed by atoms with Crippen molar-refractivity contribution >= 4 is 23.2 Å². The summed E-state index contributed by atoms with van der Waals surface area (Å²) in [6.45, 7) is 6.96. The highest BCUT2D eigenvalue weighted by Crippen LogP contribution is 1.79. The molecule has 0 aliphatic carbocycles. The molecule has 0 atom stereocenters. The lowest BCUT2D eigenvalue weighted by Gasteiger charge is -2.03. The molecule has 1 amide bonds. The minimum Gasteiger partial charge on any atom is -0.351 e. The normalized spacial score (nSPS) is 12.2. The van der Waals surface area contributed by atoms with E-state index in [0.717, 1.165) is 5.71 Å². The number of hydrogen-bond acceptors (Lipinski definition) is 4. The molecule has 0 spiro atoms. The maximum Gasteiger partial charge on any atom is 0.217 e. The molecular weight excluding hydrogens is 208 g/mol. The molecular formula is C10H18N4O2. The number of hydrogen-bond donors (Lipinski definition) is 2. The van der Waals surface area contributed by atoms with Gasteiger partial charge in [0.05, 0.1) is 18.8 Å². The minimum absolute atomic E-state index is 0.0000906. The average Bonchev–Trinajstić information content (AvgIpc) is 2.20. The first kappa shape index (κ1) is 14.3. The van der Waals surface area contributed by atoms with Crippen LogP contribution in [0.5, 0.6) is 0 Å². The third-order valence-corrected chi connectivity index (χ3v) is 1.54. The topological polar surface area (TPSA) is 82.9 Å². The summed E-state index contributed by atoms with van der Waals surface area (Å²) in [6.07, 6.45) is 0. The monoisotopic (exact) mass is 226 g/mol. The molecule has 0 saturated carbocycles. The van der Waals surface area contributed by atoms with E-state index >= 15 is 0 Å². The molecule has 0 saturated heterocycles. The van der Waals surface area contributed by atoms with Crippen LogP contribution in [0.25, 0.3) is 0 Å². The summed E-state index contributed by atoms with van der Waals surface area (Å²) in [5.74, 6) is 0.467. The molecule has 0 fully saturated rings. The Morgan fingerprint density at radius 3 is 2.25 bits per heavy atom. The Labute approximate surface area is 95.2 Å². The van der Waals surface area contributed by atoms with Gasteiger partial charge in [0.2, 0.25) is 5.91 Å². The van der Waals surface area contributed by atoms with Crippen molar-refractivity contribution in [3.8, 4) is 0 Å². The van der Waals surface area contributed by atoms with Crippen LogP contribution >= 0.6 is 0 Å². The second kappa shape index (κ2) is 7.56. The summed E-state index contributed by atoms with van der Waals surface area (Å²) in [6, 6.07) is 0. The Morgan fingerprint density at radius 2 is 1.75 bits per heavy atom. The number of Topliss-reactive ketones (excluding diaryl/α,β-unsaturated/α-hetero) is 1. The molecule has 90 valence electrons. The van der Waals surface area contributed by atoms with Crippen molar-refractivity contribution in [3.63, 3.8) is 0 Å². The van der Waals surface area contributed by atoms with Crippen LogP contribution in [0.2, 0.25) is 0 Å². The fourth-order valence-corrected chi connectivity index (χ4v) is 0.734. The number of aliphatic imine (C=N–C) groups is 1. The molecule has 6 nitrogen and oxygen atoms in total. The van der Waals surface area contributed by atoms with Crippen LogP contribution in [0, 0.1) is 0 Å². The van der Waals surface area contributed by atoms with E-state index in [1.807, 2.05) is 0 Å². The Kier molecular flexibility index (Phi) is 6.74. The smallest absolute Gasteiger partial charge is 0.217 e. The Hall–Kier alpha value is -1.72. The molecule has 16 heavy (non-hydrogen) atoms. The SMILES string of the molecule is CC(=O)CN=C(C)NN=C(C)CNC(C)=O. The number of amidine groups is 1. The van der Waals surface area contributed by atoms with Crippen molar-refractivity contribution in [2.75, 3.05) is 13.1 Å². The highest BCUT2D eigenvalue weighted by molar-refractivity contribution is 5.89. The first-order valence-corrected chi connectivity index (χ1v) is 4.96. The maximum atomic E-state index is 10.6. The van der Waals surface area contributed by atoms with Crippen molar-refractivity contribution in [2.24, 2.45) is 10.1 Å². The van der Waals surface area contributed by atoms with Gasteiger partial charge in [0.15, 0.2) is 5.78 Å². The van der Waals surface area contributed by atoms with Gasteiger partial charge in [-0.1, -0.05) is 0 Å². The van der Waals surface area contributed by atoms with E-state index in [1.165, 1.54) is 13.8 Å². The van der Waals surface area contributed by atoms with Crippen molar-refractivity contribution in [2.45, 2.75) is 27.7 Å². The van der Waals surface area contributed by atoms with Gasteiger partial charge in [0.1, 0.15) is 5.84 Å². The van der Waals surface area contributed by atoms with Gasteiger partial charge >= 0.3 is 0 Å². The standard InChI is InChI=1S/C10H18N4O2/c1-7(5-12-10(4)16)13-14-9(3)11-6-8(2)15/h5-6H2,1-4H3,(H,11,14)(H,12,16). The molecule has 0 aliphatic rings. The van der Waals surface area contributed by atoms with E-state index in [1.54, 1.807) is 13.8 Å². The van der Waals surface area contributed by atoms with Crippen LogP contribution < -0.4 is 10.7 Å². The van der Waals surface area contributed by atoms with Gasteiger partial charge in [0, 0.05) is 6.92 Å². The van der Waals surface area contributed by atoms with E-state index < -0.39 is 0 Å². The largest absolute Gasteiger partial charge is 0.351 e. The Bertz CT molecular complexity index is 321. The van der Waals surface area contributed by atoms with Crippen molar-refractivity contribution in [1.82, 2.24) is 10.7 Å². The molecule has 0 rings (SSSR count). The third kappa shape index (κ3) is 8.86. The molecule has 2 N–H and O–H groups in total. The number of rotatable bonds is 5. The second-order valence-corrected chi connectivity index (χ2v) is 3.47. The van der Waals surface area contributed by atoms with Gasteiger partial charge < -0.3 is 5.32 Å². The van der Waals surface area contributed by atoms with Crippen LogP contribution in [-0.2, 0) is 9.59 Å². The highest BCUT2D eigenvalue weighted by Gasteiger charge is 1.95. The van der Waals surface area contributed by atoms with Gasteiger partial charge in [-0.25, -0.2) is 0 Å². The molecule has 0 heterocycles. The predicted octanol–water partition coefficient (Wildman–Crippen LogP) is 0.0954. The van der Waals surface area contributed by atoms with Crippen LogP contribution in [-0.4, -0.2) is 36.3 Å². The summed E-state index contributed by atoms with van der Waals surface area (Å²) in [5, 5.41) is 6.60. The number of hydrazone groups is 1. The molecule has 0 bridgehead atoms. The average molecular weight is 226 g/mol. The fourth-order valence-electron chi connectivity index (χ4n) is 0.734. The van der Waals surface area contributed by atoms with Crippen LogP contribution in [0.3, 0.4) is 0 Å². The highest BCUT2D eigenvalue weighted by atomic mass is 16.1. The summed E-state index contributed by atoms with van der Waals surface area (Å²) in [5.41, 5.74) is 3.43. The first-order chi connectivity index (χ1) is 7.41. The molecule has 0 aromatic carbocycles. The Morgan fingerprint density at radius 1 is 1.12 bits per heavy atom. The van der Waals surface area contributed by atoms with E-state index in [2.05, 4.69) is 20.8 Å². The molecule has 0 aromatic rings. The van der Waals surface area contributed by atoms with Gasteiger partial charge in [-0.3, -0.25) is 20.0 Å². The van der Waals surface area contributed by atoms with Gasteiger partial charge in [-0.05, 0) is 20.8 Å². The van der Waals surface area contributed by atoms with Crippen LogP contribution in [0.4, 0.5) is 0 Å². The lowest BCUT2D eigenvalue weighted by molar-refractivity contribution is -0.118. The molecule has 0 aliphatic heterocycles. The van der Waals surface area contributed by atoms with Gasteiger partial charge in [-0.2, -0.15) is 5.10 Å². The summed E-state index contributed by atoms with van der Waals surface area (Å²) in [7, 11) is 0. The van der Waals surface area contributed by atoms with E-state index in [9.17, 15) is 9.59 Å². The molecule has 0 unspecified atom stereocenters. The maximum absolute atomic E-state index is 10.6. The number of amides is 1. The third-order valence-electron chi connectivity index (χ3n) is 1.54. The second-order valence-electron chi connectivity index (χ2n) is 3.47. The zero-order valence-electron chi connectivity index (χ0n) is 10.1. The lowest BCUT2D eigenvalue weighted by atomic mass is 10.4.